The number of hydrogen-bond acceptors (Lipinski definition) is 2. The third-order valence-corrected chi connectivity index (χ3v) is 3.02. The normalized spacial score (nSPS) is 18.4. The predicted molar refractivity (Wildman–Crippen MR) is 62.7 cm³/mol. The van der Waals surface area contributed by atoms with Crippen molar-refractivity contribution in [3.05, 3.63) is 24.0 Å². The molecule has 1 aliphatic rings. The van der Waals surface area contributed by atoms with Crippen molar-refractivity contribution in [3.8, 4) is 0 Å². The van der Waals surface area contributed by atoms with E-state index in [1.54, 1.807) is 0 Å². The lowest BCUT2D eigenvalue weighted by Crippen LogP contribution is -2.29. The van der Waals surface area contributed by atoms with Crippen molar-refractivity contribution < 1.29 is 0 Å². The highest BCUT2D eigenvalue weighted by Gasteiger charge is 2.10. The Morgan fingerprint density at radius 1 is 1.21 bits per heavy atom. The highest BCUT2D eigenvalue weighted by atomic mass is 31.0. The van der Waals surface area contributed by atoms with Crippen molar-refractivity contribution in [2.75, 3.05) is 13.1 Å². The van der Waals surface area contributed by atoms with Crippen LogP contribution in [0.2, 0.25) is 0 Å². The quantitative estimate of drug-likeness (QED) is 0.686. The zero-order valence-corrected chi connectivity index (χ0v) is 9.60. The van der Waals surface area contributed by atoms with Gasteiger partial charge in [-0.1, -0.05) is 12.5 Å². The molecule has 0 N–H and O–H groups in total. The molecule has 1 unspecified atom stereocenters. The highest BCUT2D eigenvalue weighted by molar-refractivity contribution is 7.27. The molecular weight excluding hydrogens is 191 g/mol. The van der Waals surface area contributed by atoms with Gasteiger partial charge in [-0.15, -0.1) is 9.24 Å². The summed E-state index contributed by atoms with van der Waals surface area (Å²) < 4.78 is 0. The van der Waals surface area contributed by atoms with Gasteiger partial charge in [-0.05, 0) is 37.3 Å². The molecule has 1 aromatic heterocycles. The molecule has 2 heterocycles. The van der Waals surface area contributed by atoms with E-state index in [1.807, 2.05) is 6.20 Å². The minimum absolute atomic E-state index is 1.02. The molecule has 1 aromatic rings. The molecule has 0 radical (unpaired) electrons. The topological polar surface area (TPSA) is 16.1 Å². The van der Waals surface area contributed by atoms with Gasteiger partial charge in [0.05, 0.1) is 5.69 Å². The van der Waals surface area contributed by atoms with Crippen LogP contribution >= 0.6 is 9.24 Å². The maximum absolute atomic E-state index is 4.41. The molecule has 0 spiro atoms. The third kappa shape index (κ3) is 2.76. The average Bonchev–Trinajstić information content (AvgIpc) is 2.23. The van der Waals surface area contributed by atoms with E-state index in [9.17, 15) is 0 Å². The largest absolute Gasteiger partial charge is 0.298 e. The Balaban J connectivity index is 1.92. The molecule has 1 atom stereocenters. The Morgan fingerprint density at radius 2 is 2.00 bits per heavy atom. The number of rotatable bonds is 2. The van der Waals surface area contributed by atoms with Gasteiger partial charge in [-0.2, -0.15) is 0 Å². The zero-order chi connectivity index (χ0) is 9.80. The molecule has 0 bridgehead atoms. The summed E-state index contributed by atoms with van der Waals surface area (Å²) in [4.78, 5) is 6.90. The van der Waals surface area contributed by atoms with Crippen molar-refractivity contribution >= 4 is 14.5 Å². The summed E-state index contributed by atoms with van der Waals surface area (Å²) in [5.41, 5.74) is 1.19. The predicted octanol–water partition coefficient (Wildman–Crippen LogP) is 1.57. The van der Waals surface area contributed by atoms with E-state index < -0.39 is 0 Å². The zero-order valence-electron chi connectivity index (χ0n) is 8.45. The van der Waals surface area contributed by atoms with Crippen LogP contribution in [0.4, 0.5) is 0 Å². The third-order valence-electron chi connectivity index (χ3n) is 2.68. The second kappa shape index (κ2) is 4.86. The van der Waals surface area contributed by atoms with E-state index in [4.69, 9.17) is 0 Å². The van der Waals surface area contributed by atoms with Crippen LogP contribution in [0.1, 0.15) is 25.0 Å². The van der Waals surface area contributed by atoms with E-state index in [2.05, 4.69) is 31.3 Å². The Bertz CT molecular complexity index is 278. The van der Waals surface area contributed by atoms with E-state index in [1.165, 1.54) is 38.0 Å². The summed E-state index contributed by atoms with van der Waals surface area (Å²) in [5.74, 6) is 0. The van der Waals surface area contributed by atoms with Crippen molar-refractivity contribution in [2.45, 2.75) is 25.8 Å². The summed E-state index contributed by atoms with van der Waals surface area (Å²) in [6, 6.07) is 4.23. The van der Waals surface area contributed by atoms with Gasteiger partial charge in [0.2, 0.25) is 0 Å². The first-order chi connectivity index (χ1) is 6.84. The molecular formula is C11H17N2P. The van der Waals surface area contributed by atoms with Crippen molar-refractivity contribution in [1.82, 2.24) is 9.88 Å². The van der Waals surface area contributed by atoms with E-state index in [0.29, 0.717) is 0 Å². The van der Waals surface area contributed by atoms with Gasteiger partial charge in [0, 0.05) is 12.7 Å². The minimum atomic E-state index is 1.02. The smallest absolute Gasteiger partial charge is 0.0544 e. The molecule has 2 rings (SSSR count). The van der Waals surface area contributed by atoms with Crippen LogP contribution in [0, 0.1) is 0 Å². The first kappa shape index (κ1) is 10.1. The molecule has 0 aromatic carbocycles. The fourth-order valence-electron chi connectivity index (χ4n) is 1.88. The number of pyridine rings is 1. The van der Waals surface area contributed by atoms with Crippen LogP contribution in [0.5, 0.6) is 0 Å². The second-order valence-corrected chi connectivity index (χ2v) is 4.59. The molecule has 2 nitrogen and oxygen atoms in total. The summed E-state index contributed by atoms with van der Waals surface area (Å²) in [7, 11) is 2.66. The first-order valence-electron chi connectivity index (χ1n) is 5.27. The van der Waals surface area contributed by atoms with Crippen LogP contribution in [-0.2, 0) is 6.54 Å². The Kier molecular flexibility index (Phi) is 3.49. The van der Waals surface area contributed by atoms with Gasteiger partial charge in [0.1, 0.15) is 0 Å². The van der Waals surface area contributed by atoms with Gasteiger partial charge in [0.15, 0.2) is 0 Å². The minimum Gasteiger partial charge on any atom is -0.298 e. The molecule has 0 aliphatic carbocycles. The molecule has 76 valence electrons. The van der Waals surface area contributed by atoms with Crippen LogP contribution in [0.15, 0.2) is 18.3 Å². The average molecular weight is 208 g/mol. The number of aromatic nitrogens is 1. The molecule has 1 fully saturated rings. The van der Waals surface area contributed by atoms with Crippen molar-refractivity contribution in [1.29, 1.82) is 0 Å². The van der Waals surface area contributed by atoms with Gasteiger partial charge < -0.3 is 0 Å². The van der Waals surface area contributed by atoms with Gasteiger partial charge in [0.25, 0.3) is 0 Å². The SMILES string of the molecule is Pc1ccc(CN2CCCCC2)nc1. The maximum atomic E-state index is 4.41. The lowest BCUT2D eigenvalue weighted by molar-refractivity contribution is 0.218. The first-order valence-corrected chi connectivity index (χ1v) is 5.85. The molecule has 3 heteroatoms. The van der Waals surface area contributed by atoms with Crippen molar-refractivity contribution in [2.24, 2.45) is 0 Å². The van der Waals surface area contributed by atoms with Crippen molar-refractivity contribution in [3.63, 3.8) is 0 Å². The molecule has 1 aliphatic heterocycles. The summed E-state index contributed by atoms with van der Waals surface area (Å²) in [6.45, 7) is 3.50. The Labute approximate surface area is 87.9 Å². The summed E-state index contributed by atoms with van der Waals surface area (Å²) >= 11 is 0. The van der Waals surface area contributed by atoms with Crippen LogP contribution in [0.3, 0.4) is 0 Å². The van der Waals surface area contributed by atoms with E-state index in [-0.39, 0.29) is 0 Å². The van der Waals surface area contributed by atoms with Gasteiger partial charge in [-0.25, -0.2) is 0 Å². The number of hydrogen-bond donors (Lipinski definition) is 0. The summed E-state index contributed by atoms with van der Waals surface area (Å²) in [5, 5.41) is 1.16. The Morgan fingerprint density at radius 3 is 2.64 bits per heavy atom. The molecule has 0 saturated carbocycles. The molecule has 0 amide bonds. The van der Waals surface area contributed by atoms with Gasteiger partial charge in [-0.3, -0.25) is 9.88 Å². The maximum Gasteiger partial charge on any atom is 0.0544 e. The van der Waals surface area contributed by atoms with E-state index >= 15 is 0 Å². The standard InChI is InChI=1S/C11H17N2P/c14-11-5-4-10(12-8-11)9-13-6-2-1-3-7-13/h4-5,8H,1-3,6-7,9,14H2. The second-order valence-electron chi connectivity index (χ2n) is 3.92. The van der Waals surface area contributed by atoms with Gasteiger partial charge >= 0.3 is 0 Å². The monoisotopic (exact) mass is 208 g/mol. The van der Waals surface area contributed by atoms with Crippen LogP contribution in [-0.4, -0.2) is 23.0 Å². The fourth-order valence-corrected chi connectivity index (χ4v) is 2.05. The van der Waals surface area contributed by atoms with Crippen LogP contribution < -0.4 is 5.30 Å². The van der Waals surface area contributed by atoms with E-state index in [0.717, 1.165) is 11.8 Å². The number of nitrogens with zero attached hydrogens (tertiary/aromatic N) is 2. The number of likely N-dealkylation sites (tertiary alicyclic amines) is 1. The fraction of sp³-hybridized carbons (Fsp3) is 0.545. The lowest BCUT2D eigenvalue weighted by Gasteiger charge is -2.25. The summed E-state index contributed by atoms with van der Waals surface area (Å²) in [6.07, 6.45) is 6.02. The lowest BCUT2D eigenvalue weighted by atomic mass is 10.1. The Hall–Kier alpha value is -0.460. The molecule has 14 heavy (non-hydrogen) atoms. The highest BCUT2D eigenvalue weighted by Crippen LogP contribution is 2.11. The van der Waals surface area contributed by atoms with Crippen LogP contribution in [0.25, 0.3) is 0 Å². The molecule has 1 saturated heterocycles. The number of piperidine rings is 1.